The van der Waals surface area contributed by atoms with Crippen LogP contribution in [0.5, 0.6) is 0 Å². The second kappa shape index (κ2) is 10.7. The molecule has 0 aromatic carbocycles. The molecule has 26 heavy (non-hydrogen) atoms. The van der Waals surface area contributed by atoms with Gasteiger partial charge in [-0.2, -0.15) is 0 Å². The van der Waals surface area contributed by atoms with Crippen molar-refractivity contribution in [1.29, 1.82) is 0 Å². The summed E-state index contributed by atoms with van der Waals surface area (Å²) in [7, 11) is 1.32. The Hall–Kier alpha value is -1.39. The van der Waals surface area contributed by atoms with Gasteiger partial charge >= 0.3 is 11.9 Å². The van der Waals surface area contributed by atoms with Crippen LogP contribution in [-0.2, 0) is 19.1 Å². The van der Waals surface area contributed by atoms with Gasteiger partial charge in [-0.3, -0.25) is 9.59 Å². The molecular weight excluding hydrogens is 332 g/mol. The van der Waals surface area contributed by atoms with Crippen molar-refractivity contribution in [3.63, 3.8) is 0 Å². The Morgan fingerprint density at radius 2 is 1.46 bits per heavy atom. The number of carbonyl (C=O) groups excluding carboxylic acids is 2. The highest BCUT2D eigenvalue weighted by molar-refractivity contribution is 5.79. The van der Waals surface area contributed by atoms with Crippen LogP contribution in [-0.4, -0.2) is 30.4 Å². The van der Waals surface area contributed by atoms with Gasteiger partial charge in [0.2, 0.25) is 0 Å². The Morgan fingerprint density at radius 3 is 1.92 bits per heavy atom. The first kappa shape index (κ1) is 20.9. The maximum atomic E-state index is 12.2. The highest BCUT2D eigenvalue weighted by Gasteiger charge is 2.46. The number of aldehydes is 1. The third-order valence-electron chi connectivity index (χ3n) is 6.57. The molecule has 0 aromatic rings. The molecule has 2 aliphatic carbocycles. The summed E-state index contributed by atoms with van der Waals surface area (Å²) in [4.78, 5) is 35.8. The van der Waals surface area contributed by atoms with Gasteiger partial charge in [0, 0.05) is 5.92 Å². The summed E-state index contributed by atoms with van der Waals surface area (Å²) in [6.45, 7) is 0. The van der Waals surface area contributed by atoms with Gasteiger partial charge in [-0.1, -0.05) is 64.2 Å². The molecule has 2 fully saturated rings. The molecule has 0 spiro atoms. The van der Waals surface area contributed by atoms with Crippen molar-refractivity contribution in [2.45, 2.75) is 77.0 Å². The number of rotatable bonds is 4. The minimum absolute atomic E-state index is 0.0211. The standard InChI is InChI=1S/C21H34O5/c1-26-21(25)18-13-16(20(23)24)12-17(19(18)14-22)15-10-8-6-4-2-3-5-7-9-11-15/h14-19H,2-13H2,1H3,(H,23,24). The van der Waals surface area contributed by atoms with Crippen LogP contribution in [0.4, 0.5) is 0 Å². The highest BCUT2D eigenvalue weighted by atomic mass is 16.5. The van der Waals surface area contributed by atoms with Crippen LogP contribution in [0.1, 0.15) is 77.0 Å². The second-order valence-electron chi connectivity index (χ2n) is 8.18. The van der Waals surface area contributed by atoms with E-state index >= 15 is 0 Å². The van der Waals surface area contributed by atoms with Crippen molar-refractivity contribution in [2.24, 2.45) is 29.6 Å². The van der Waals surface area contributed by atoms with Crippen LogP contribution in [0.25, 0.3) is 0 Å². The highest BCUT2D eigenvalue weighted by Crippen LogP contribution is 2.45. The summed E-state index contributed by atoms with van der Waals surface area (Å²) >= 11 is 0. The number of hydrogen-bond acceptors (Lipinski definition) is 4. The molecule has 4 unspecified atom stereocenters. The molecular formula is C21H34O5. The summed E-state index contributed by atoms with van der Waals surface area (Å²) in [6.07, 6.45) is 13.5. The topological polar surface area (TPSA) is 80.7 Å². The molecule has 0 aromatic heterocycles. The van der Waals surface area contributed by atoms with Crippen LogP contribution in [0.2, 0.25) is 0 Å². The number of carboxylic acid groups (broad SMARTS) is 1. The zero-order valence-electron chi connectivity index (χ0n) is 16.0. The average molecular weight is 366 g/mol. The Labute approximate surface area is 156 Å². The summed E-state index contributed by atoms with van der Waals surface area (Å²) in [5.74, 6) is -2.56. The first-order valence-electron chi connectivity index (χ1n) is 10.3. The lowest BCUT2D eigenvalue weighted by atomic mass is 9.62. The van der Waals surface area contributed by atoms with Crippen LogP contribution in [0, 0.1) is 29.6 Å². The predicted molar refractivity (Wildman–Crippen MR) is 98.6 cm³/mol. The number of hydrogen-bond donors (Lipinski definition) is 1. The van der Waals surface area contributed by atoms with Crippen LogP contribution in [0.15, 0.2) is 0 Å². The van der Waals surface area contributed by atoms with Crippen LogP contribution < -0.4 is 0 Å². The molecule has 0 bridgehead atoms. The van der Waals surface area contributed by atoms with E-state index in [0.717, 1.165) is 32.0 Å². The van der Waals surface area contributed by atoms with E-state index < -0.39 is 29.7 Å². The van der Waals surface area contributed by atoms with Crippen LogP contribution in [0.3, 0.4) is 0 Å². The third-order valence-corrected chi connectivity index (χ3v) is 6.57. The fourth-order valence-corrected chi connectivity index (χ4v) is 5.10. The molecule has 2 saturated carbocycles. The van der Waals surface area contributed by atoms with Crippen molar-refractivity contribution in [3.05, 3.63) is 0 Å². The molecule has 5 nitrogen and oxygen atoms in total. The summed E-state index contributed by atoms with van der Waals surface area (Å²) in [6, 6.07) is 0. The van der Waals surface area contributed by atoms with Gasteiger partial charge in [-0.15, -0.1) is 0 Å². The maximum Gasteiger partial charge on any atom is 0.309 e. The van der Waals surface area contributed by atoms with Crippen molar-refractivity contribution in [1.82, 2.24) is 0 Å². The average Bonchev–Trinajstić information content (AvgIpc) is 2.71. The molecule has 0 aliphatic heterocycles. The van der Waals surface area contributed by atoms with E-state index in [9.17, 15) is 19.5 Å². The van der Waals surface area contributed by atoms with E-state index in [1.54, 1.807) is 0 Å². The number of methoxy groups -OCH3 is 1. The van der Waals surface area contributed by atoms with Crippen molar-refractivity contribution in [2.75, 3.05) is 7.11 Å². The molecule has 0 radical (unpaired) electrons. The number of ether oxygens (including phenoxy) is 1. The summed E-state index contributed by atoms with van der Waals surface area (Å²) < 4.78 is 4.89. The van der Waals surface area contributed by atoms with E-state index in [1.807, 2.05) is 0 Å². The molecule has 2 rings (SSSR count). The van der Waals surface area contributed by atoms with Gasteiger partial charge in [-0.05, 0) is 24.7 Å². The Balaban J connectivity index is 2.19. The first-order valence-corrected chi connectivity index (χ1v) is 10.3. The lowest BCUT2D eigenvalue weighted by molar-refractivity contribution is -0.157. The maximum absolute atomic E-state index is 12.2. The van der Waals surface area contributed by atoms with Crippen LogP contribution >= 0.6 is 0 Å². The molecule has 148 valence electrons. The molecule has 4 atom stereocenters. The van der Waals surface area contributed by atoms with E-state index in [0.29, 0.717) is 12.3 Å². The molecule has 0 amide bonds. The second-order valence-corrected chi connectivity index (χ2v) is 8.18. The lowest BCUT2D eigenvalue weighted by Gasteiger charge is -2.41. The van der Waals surface area contributed by atoms with Gasteiger partial charge in [0.15, 0.2) is 0 Å². The smallest absolute Gasteiger partial charge is 0.309 e. The van der Waals surface area contributed by atoms with Gasteiger partial charge in [-0.25, -0.2) is 0 Å². The number of aliphatic carboxylic acids is 1. The quantitative estimate of drug-likeness (QED) is 0.595. The minimum Gasteiger partial charge on any atom is -0.481 e. The van der Waals surface area contributed by atoms with Gasteiger partial charge in [0.25, 0.3) is 0 Å². The monoisotopic (exact) mass is 366 g/mol. The Morgan fingerprint density at radius 1 is 0.923 bits per heavy atom. The van der Waals surface area contributed by atoms with Gasteiger partial charge in [0.05, 0.1) is 18.9 Å². The van der Waals surface area contributed by atoms with Gasteiger partial charge in [0.1, 0.15) is 6.29 Å². The van der Waals surface area contributed by atoms with E-state index in [4.69, 9.17) is 4.74 Å². The zero-order valence-corrected chi connectivity index (χ0v) is 16.0. The van der Waals surface area contributed by atoms with Gasteiger partial charge < -0.3 is 14.6 Å². The van der Waals surface area contributed by atoms with Crippen molar-refractivity contribution >= 4 is 18.2 Å². The summed E-state index contributed by atoms with van der Waals surface area (Å²) in [5, 5.41) is 9.57. The Kier molecular flexibility index (Phi) is 8.60. The fraction of sp³-hybridized carbons (Fsp3) is 0.857. The third kappa shape index (κ3) is 5.55. The van der Waals surface area contributed by atoms with E-state index in [2.05, 4.69) is 0 Å². The SMILES string of the molecule is COC(=O)C1CC(C(=O)O)CC(C2CCCCCCCCCC2)C1C=O. The first-order chi connectivity index (χ1) is 12.6. The van der Waals surface area contributed by atoms with Crippen molar-refractivity contribution < 1.29 is 24.2 Å². The van der Waals surface area contributed by atoms with E-state index in [-0.39, 0.29) is 12.3 Å². The fourth-order valence-electron chi connectivity index (χ4n) is 5.10. The molecule has 0 saturated heterocycles. The number of carbonyl (C=O) groups is 3. The largest absolute Gasteiger partial charge is 0.481 e. The zero-order chi connectivity index (χ0) is 18.9. The Bertz CT molecular complexity index is 463. The molecule has 0 heterocycles. The minimum atomic E-state index is -0.857. The molecule has 5 heteroatoms. The normalized spacial score (nSPS) is 32.2. The molecule has 1 N–H and O–H groups in total. The van der Waals surface area contributed by atoms with Crippen molar-refractivity contribution in [3.8, 4) is 0 Å². The predicted octanol–water partition coefficient (Wildman–Crippen LogP) is 4.23. The summed E-state index contributed by atoms with van der Waals surface area (Å²) in [5.41, 5.74) is 0. The number of carboxylic acids is 1. The number of esters is 1. The molecule has 2 aliphatic rings. The van der Waals surface area contributed by atoms with E-state index in [1.165, 1.54) is 45.6 Å². The lowest BCUT2D eigenvalue weighted by Crippen LogP contribution is -2.43.